The van der Waals surface area contributed by atoms with E-state index in [-0.39, 0.29) is 35.6 Å². The second-order valence-electron chi connectivity index (χ2n) is 5.98. The molecule has 2 nitrogen and oxygen atoms in total. The minimum absolute atomic E-state index is 0. The van der Waals surface area contributed by atoms with Crippen LogP contribution in [0.4, 0.5) is 0 Å². The number of hydrogen-bond donors (Lipinski definition) is 1. The van der Waals surface area contributed by atoms with Crippen molar-refractivity contribution < 1.29 is 9.84 Å². The van der Waals surface area contributed by atoms with Crippen molar-refractivity contribution in [2.75, 3.05) is 19.1 Å². The molecule has 1 aromatic carbocycles. The van der Waals surface area contributed by atoms with E-state index in [9.17, 15) is 0 Å². The molecule has 0 radical (unpaired) electrons. The Morgan fingerprint density at radius 1 is 0.960 bits per heavy atom. The molecule has 1 aromatic rings. The summed E-state index contributed by atoms with van der Waals surface area (Å²) in [4.78, 5) is 0. The van der Waals surface area contributed by atoms with Gasteiger partial charge in [0.1, 0.15) is 0 Å². The molecule has 3 heteroatoms. The predicted molar refractivity (Wildman–Crippen MR) is 119 cm³/mol. The molecule has 25 heavy (non-hydrogen) atoms. The van der Waals surface area contributed by atoms with E-state index in [1.807, 2.05) is 6.07 Å². The highest BCUT2D eigenvalue weighted by molar-refractivity contribution is 6.18. The molecular formula is C22H47ClO2. The third kappa shape index (κ3) is 23.4. The van der Waals surface area contributed by atoms with Crippen LogP contribution in [-0.2, 0) is 4.74 Å². The van der Waals surface area contributed by atoms with Gasteiger partial charge in [-0.1, -0.05) is 87.7 Å². The van der Waals surface area contributed by atoms with E-state index in [0.717, 1.165) is 18.9 Å². The van der Waals surface area contributed by atoms with Crippen molar-refractivity contribution in [1.82, 2.24) is 0 Å². The first-order chi connectivity index (χ1) is 9.97. The summed E-state index contributed by atoms with van der Waals surface area (Å²) in [7, 11) is 0. The maximum Gasteiger partial charge on any atom is 0.0908 e. The van der Waals surface area contributed by atoms with Gasteiger partial charge >= 0.3 is 0 Å². The first-order valence-corrected chi connectivity index (χ1v) is 8.37. The summed E-state index contributed by atoms with van der Waals surface area (Å²) in [6.07, 6.45) is 1.73. The Kier molecular flexibility index (Phi) is 33.3. The van der Waals surface area contributed by atoms with Gasteiger partial charge in [-0.2, -0.15) is 0 Å². The molecule has 0 aromatic heterocycles. The minimum atomic E-state index is -0.509. The number of halogens is 1. The van der Waals surface area contributed by atoms with Crippen LogP contribution in [0.5, 0.6) is 0 Å². The Morgan fingerprint density at radius 2 is 1.48 bits per heavy atom. The van der Waals surface area contributed by atoms with Crippen LogP contribution in [-0.4, -0.2) is 30.3 Å². The molecule has 1 atom stereocenters. The highest BCUT2D eigenvalue weighted by Gasteiger charge is 2.01. The first kappa shape index (κ1) is 35.5. The molecule has 0 aliphatic carbocycles. The van der Waals surface area contributed by atoms with Gasteiger partial charge in [0.15, 0.2) is 0 Å². The molecule has 0 saturated carbocycles. The van der Waals surface area contributed by atoms with Gasteiger partial charge < -0.3 is 9.84 Å². The lowest BCUT2D eigenvalue weighted by molar-refractivity contribution is 0.0454. The number of aliphatic hydroxyl groups excluding tert-OH is 1. The van der Waals surface area contributed by atoms with Crippen LogP contribution in [0.25, 0.3) is 0 Å². The molecule has 0 aliphatic rings. The summed E-state index contributed by atoms with van der Waals surface area (Å²) in [5, 5.41) is 9.01. The maximum atomic E-state index is 9.01. The van der Waals surface area contributed by atoms with Crippen molar-refractivity contribution >= 4 is 11.6 Å². The number of hydrogen-bond acceptors (Lipinski definition) is 2. The largest absolute Gasteiger partial charge is 0.389 e. The van der Waals surface area contributed by atoms with E-state index in [4.69, 9.17) is 21.4 Å². The van der Waals surface area contributed by atoms with Crippen molar-refractivity contribution in [1.29, 1.82) is 0 Å². The van der Waals surface area contributed by atoms with Crippen molar-refractivity contribution in [2.24, 2.45) is 5.92 Å². The fraction of sp³-hybridized carbons (Fsp3) is 0.727. The van der Waals surface area contributed by atoms with Gasteiger partial charge in [0.2, 0.25) is 0 Å². The van der Waals surface area contributed by atoms with Crippen molar-refractivity contribution in [3.8, 4) is 0 Å². The van der Waals surface area contributed by atoms with Crippen LogP contribution in [0.1, 0.15) is 81.7 Å². The zero-order valence-corrected chi connectivity index (χ0v) is 14.6. The molecule has 0 bridgehead atoms. The highest BCUT2D eigenvalue weighted by atomic mass is 35.5. The molecule has 0 amide bonds. The van der Waals surface area contributed by atoms with Crippen LogP contribution >= 0.6 is 11.6 Å². The van der Waals surface area contributed by atoms with E-state index < -0.39 is 6.10 Å². The molecule has 0 fully saturated rings. The van der Waals surface area contributed by atoms with Gasteiger partial charge in [-0.15, -0.1) is 11.6 Å². The summed E-state index contributed by atoms with van der Waals surface area (Å²) >= 11 is 5.39. The average molecular weight is 379 g/mol. The Morgan fingerprint density at radius 3 is 1.84 bits per heavy atom. The normalized spacial score (nSPS) is 10.2. The van der Waals surface area contributed by atoms with E-state index in [0.29, 0.717) is 12.5 Å². The molecule has 0 aliphatic heterocycles. The second kappa shape index (κ2) is 23.4. The van der Waals surface area contributed by atoms with Crippen molar-refractivity contribution in [3.63, 3.8) is 0 Å². The number of alkyl halides is 1. The van der Waals surface area contributed by atoms with Crippen molar-refractivity contribution in [3.05, 3.63) is 35.9 Å². The highest BCUT2D eigenvalue weighted by Crippen LogP contribution is 2.11. The summed E-state index contributed by atoms with van der Waals surface area (Å²) in [6.45, 7) is 9.87. The summed E-state index contributed by atoms with van der Waals surface area (Å²) in [5.74, 6) is 1.64. The topological polar surface area (TPSA) is 29.5 Å². The van der Waals surface area contributed by atoms with E-state index in [1.54, 1.807) is 0 Å². The SMILES string of the molecule is C.C.C.C.CC(C)CCCOCC(O)CCl.CC(C)c1ccccc1. The number of rotatable bonds is 8. The Bertz CT molecular complexity index is 326. The second-order valence-corrected chi connectivity index (χ2v) is 6.29. The fourth-order valence-corrected chi connectivity index (χ4v) is 1.78. The number of benzene rings is 1. The Hall–Kier alpha value is -0.570. The van der Waals surface area contributed by atoms with Gasteiger partial charge in [-0.25, -0.2) is 0 Å². The lowest BCUT2D eigenvalue weighted by Crippen LogP contribution is -2.17. The summed E-state index contributed by atoms with van der Waals surface area (Å²) < 4.78 is 5.20. The van der Waals surface area contributed by atoms with Crippen LogP contribution in [0.2, 0.25) is 0 Å². The van der Waals surface area contributed by atoms with Crippen molar-refractivity contribution in [2.45, 2.75) is 82.3 Å². The zero-order chi connectivity index (χ0) is 16.1. The molecule has 1 unspecified atom stereocenters. The van der Waals surface area contributed by atoms with Gasteiger partial charge in [0, 0.05) is 6.61 Å². The lowest BCUT2D eigenvalue weighted by Gasteiger charge is -2.08. The van der Waals surface area contributed by atoms with Gasteiger partial charge in [-0.3, -0.25) is 0 Å². The van der Waals surface area contributed by atoms with E-state index in [1.165, 1.54) is 12.0 Å². The fourth-order valence-electron chi connectivity index (χ4n) is 1.70. The van der Waals surface area contributed by atoms with Gasteiger partial charge in [-0.05, 0) is 30.2 Å². The standard InChI is InChI=1S/C9H19ClO2.C9H12.4CH4/c1-8(2)4-3-5-12-7-9(11)6-10;1-8(2)9-6-4-3-5-7-9;;;;/h8-9,11H,3-7H2,1-2H3;3-8H,1-2H3;4*1H4. The molecule has 0 heterocycles. The Labute approximate surface area is 165 Å². The zero-order valence-electron chi connectivity index (χ0n) is 13.9. The van der Waals surface area contributed by atoms with Crippen LogP contribution in [0, 0.1) is 5.92 Å². The average Bonchev–Trinajstić information content (AvgIpc) is 2.48. The third-order valence-electron chi connectivity index (χ3n) is 3.02. The Balaban J connectivity index is -0.0000000939. The monoisotopic (exact) mass is 378 g/mol. The van der Waals surface area contributed by atoms with E-state index >= 15 is 0 Å². The quantitative estimate of drug-likeness (QED) is 0.377. The predicted octanol–water partition coefficient (Wildman–Crippen LogP) is 7.39. The van der Waals surface area contributed by atoms with Gasteiger partial charge in [0.05, 0.1) is 18.6 Å². The number of aliphatic hydroxyl groups is 1. The number of ether oxygens (including phenoxy) is 1. The minimum Gasteiger partial charge on any atom is -0.389 e. The molecule has 0 saturated heterocycles. The molecule has 154 valence electrons. The van der Waals surface area contributed by atoms with Crippen LogP contribution in [0.3, 0.4) is 0 Å². The lowest BCUT2D eigenvalue weighted by atomic mass is 10.0. The smallest absolute Gasteiger partial charge is 0.0908 e. The van der Waals surface area contributed by atoms with E-state index in [2.05, 4.69) is 52.0 Å². The molecule has 0 spiro atoms. The van der Waals surface area contributed by atoms with Gasteiger partial charge in [0.25, 0.3) is 0 Å². The van der Waals surface area contributed by atoms with Crippen LogP contribution < -0.4 is 0 Å². The third-order valence-corrected chi connectivity index (χ3v) is 3.38. The molecular weight excluding hydrogens is 332 g/mol. The summed E-state index contributed by atoms with van der Waals surface area (Å²) in [5.41, 5.74) is 1.41. The molecule has 1 N–H and O–H groups in total. The van der Waals surface area contributed by atoms with Crippen LogP contribution in [0.15, 0.2) is 30.3 Å². The first-order valence-electron chi connectivity index (χ1n) is 7.84. The maximum absolute atomic E-state index is 9.01. The molecule has 1 rings (SSSR count). The summed E-state index contributed by atoms with van der Waals surface area (Å²) in [6, 6.07) is 10.5.